The molecular weight excluding hydrogens is 933 g/mol. The summed E-state index contributed by atoms with van der Waals surface area (Å²) in [5.74, 6) is -7.02. The normalized spacial score (nSPS) is 19.0. The van der Waals surface area contributed by atoms with E-state index in [1.54, 1.807) is 12.1 Å². The van der Waals surface area contributed by atoms with Gasteiger partial charge in [-0.25, -0.2) is 0 Å². The predicted octanol–water partition coefficient (Wildman–Crippen LogP) is 5.68. The molecule has 2 aliphatic rings. The molecule has 2 aliphatic heterocycles. The van der Waals surface area contributed by atoms with Crippen LogP contribution in [0.15, 0.2) is 46.2 Å². The third kappa shape index (κ3) is 14.3. The fourth-order valence-corrected chi connectivity index (χ4v) is 11.7. The van der Waals surface area contributed by atoms with E-state index in [4.69, 9.17) is 9.66 Å². The lowest BCUT2D eigenvalue weighted by molar-refractivity contribution is -0.439. The number of ketones is 1. The summed E-state index contributed by atoms with van der Waals surface area (Å²) in [5.41, 5.74) is 2.17. The molecule has 0 aromatic heterocycles. The van der Waals surface area contributed by atoms with Crippen molar-refractivity contribution in [3.05, 3.63) is 47.5 Å². The first-order chi connectivity index (χ1) is 30.0. The molecular formula is C42H61N2O17S4+. The lowest BCUT2D eigenvalue weighted by Gasteiger charge is -2.35. The van der Waals surface area contributed by atoms with Gasteiger partial charge in [0.05, 0.1) is 26.7 Å². The van der Waals surface area contributed by atoms with Gasteiger partial charge in [0, 0.05) is 61.0 Å². The Labute approximate surface area is 381 Å². The first kappa shape index (κ1) is 53.8. The summed E-state index contributed by atoms with van der Waals surface area (Å²) in [4.78, 5) is 36.9. The first-order valence-electron chi connectivity index (χ1n) is 21.5. The number of nitrogens with zero attached hydrogens (tertiary/aromatic N) is 2. The molecule has 23 heteroatoms. The number of hydrogen-bond acceptors (Lipinski definition) is 12. The summed E-state index contributed by atoms with van der Waals surface area (Å²) in [6.45, 7) is 6.53. The highest BCUT2D eigenvalue weighted by Gasteiger charge is 2.49. The number of carboxylic acid groups (broad SMARTS) is 2. The van der Waals surface area contributed by atoms with E-state index < -0.39 is 86.4 Å². The lowest BCUT2D eigenvalue weighted by Crippen LogP contribution is -2.42. The van der Waals surface area contributed by atoms with E-state index in [1.807, 2.05) is 25.3 Å². The van der Waals surface area contributed by atoms with Crippen LogP contribution in [0, 0.1) is 5.92 Å². The fourth-order valence-electron chi connectivity index (χ4n) is 9.46. The van der Waals surface area contributed by atoms with Gasteiger partial charge < -0.3 is 15.1 Å². The fraction of sp³-hybridized carbons (Fsp3) is 0.619. The Balaban J connectivity index is 1.55. The topological polar surface area (TPSA) is 315 Å². The third-order valence-electron chi connectivity index (χ3n) is 12.7. The van der Waals surface area contributed by atoms with Crippen LogP contribution in [-0.4, -0.2) is 121 Å². The number of carbonyl (C=O) groups is 3. The maximum absolute atomic E-state index is 12.6. The standard InChI is InChI=1S/C42H60N2O17S4/c1-41(2)32-26-29(64(56,57)58)18-20-34(32)43(23-12-6-7-14-36(45)31(40(48)49)28-63(53,54)55)37(41)15-8-4-9-16-38-42(3,22-11-5-10-17-39(46)47)33-27-30(65(59,60)61)19-21-35(33)44(38)24-13-25-62(50,51)52/h18-21,26-27,31,37H,4-17,22-25,28H2,1-3H3,(H5-,46,47,48,49,50,51,52,53,54,55,56,57,58,59,60,61)/p+1. The van der Waals surface area contributed by atoms with E-state index in [1.165, 1.54) is 24.3 Å². The molecule has 0 saturated carbocycles. The van der Waals surface area contributed by atoms with Gasteiger partial charge >= 0.3 is 11.9 Å². The number of Topliss-reactive ketones (excluding diaryl/α,β-unsaturated/α-hetero) is 1. The highest BCUT2D eigenvalue weighted by molar-refractivity contribution is 7.86. The summed E-state index contributed by atoms with van der Waals surface area (Å²) in [7, 11) is -18.1. The number of rotatable bonds is 28. The number of anilines is 1. The number of unbranched alkanes of at least 4 members (excludes halogenated alkanes) is 6. The van der Waals surface area contributed by atoms with Crippen LogP contribution in [0.3, 0.4) is 0 Å². The lowest BCUT2D eigenvalue weighted by atomic mass is 9.74. The van der Waals surface area contributed by atoms with E-state index in [9.17, 15) is 66.8 Å². The monoisotopic (exact) mass is 993 g/mol. The van der Waals surface area contributed by atoms with E-state index in [0.717, 1.165) is 11.4 Å². The average Bonchev–Trinajstić information content (AvgIpc) is 3.53. The quantitative estimate of drug-likeness (QED) is 0.0258. The molecule has 0 radical (unpaired) electrons. The van der Waals surface area contributed by atoms with Gasteiger partial charge in [0.25, 0.3) is 40.5 Å². The minimum atomic E-state index is -4.71. The second kappa shape index (κ2) is 21.4. The number of carbonyl (C=O) groups excluding carboxylic acids is 1. The number of carboxylic acids is 2. The Morgan fingerprint density at radius 1 is 0.692 bits per heavy atom. The summed E-state index contributed by atoms with van der Waals surface area (Å²) < 4.78 is 135. The molecule has 3 unspecified atom stereocenters. The van der Waals surface area contributed by atoms with Gasteiger partial charge in [0.1, 0.15) is 18.2 Å². The molecule has 65 heavy (non-hydrogen) atoms. The van der Waals surface area contributed by atoms with Crippen LogP contribution in [0.1, 0.15) is 128 Å². The third-order valence-corrected chi connectivity index (χ3v) is 16.0. The van der Waals surface area contributed by atoms with Crippen LogP contribution < -0.4 is 4.90 Å². The Hall–Kier alpha value is -3.84. The molecule has 0 bridgehead atoms. The minimum Gasteiger partial charge on any atom is -0.481 e. The van der Waals surface area contributed by atoms with E-state index in [-0.39, 0.29) is 48.1 Å². The van der Waals surface area contributed by atoms with E-state index in [0.29, 0.717) is 94.0 Å². The van der Waals surface area contributed by atoms with Gasteiger partial charge in [0.2, 0.25) is 5.69 Å². The molecule has 3 atom stereocenters. The van der Waals surface area contributed by atoms with Crippen molar-refractivity contribution in [1.82, 2.24) is 0 Å². The minimum absolute atomic E-state index is 0.0154. The van der Waals surface area contributed by atoms with Gasteiger partial charge in [-0.15, -0.1) is 0 Å². The Morgan fingerprint density at radius 2 is 1.28 bits per heavy atom. The van der Waals surface area contributed by atoms with Crippen molar-refractivity contribution in [2.75, 3.05) is 29.5 Å². The zero-order chi connectivity index (χ0) is 48.8. The van der Waals surface area contributed by atoms with Crippen molar-refractivity contribution >= 4 is 75.3 Å². The van der Waals surface area contributed by atoms with Crippen molar-refractivity contribution in [2.24, 2.45) is 5.92 Å². The molecule has 0 fully saturated rings. The van der Waals surface area contributed by atoms with Crippen LogP contribution in [0.25, 0.3) is 0 Å². The van der Waals surface area contributed by atoms with Crippen LogP contribution in [0.5, 0.6) is 0 Å². The summed E-state index contributed by atoms with van der Waals surface area (Å²) in [6, 6.07) is 8.50. The maximum Gasteiger partial charge on any atom is 0.315 e. The van der Waals surface area contributed by atoms with Crippen molar-refractivity contribution in [3.63, 3.8) is 0 Å². The molecule has 0 amide bonds. The van der Waals surface area contributed by atoms with E-state index in [2.05, 4.69) is 4.90 Å². The van der Waals surface area contributed by atoms with Gasteiger partial charge in [-0.2, -0.15) is 38.2 Å². The maximum atomic E-state index is 12.6. The van der Waals surface area contributed by atoms with Crippen molar-refractivity contribution in [2.45, 2.75) is 144 Å². The number of hydrogen-bond donors (Lipinski definition) is 6. The average molecular weight is 994 g/mol. The second-order valence-corrected chi connectivity index (χ2v) is 23.7. The van der Waals surface area contributed by atoms with E-state index >= 15 is 0 Å². The molecule has 2 heterocycles. The van der Waals surface area contributed by atoms with Crippen LogP contribution in [-0.2, 0) is 65.7 Å². The van der Waals surface area contributed by atoms with Gasteiger partial charge in [-0.05, 0) is 81.3 Å². The molecule has 0 saturated heterocycles. The summed E-state index contributed by atoms with van der Waals surface area (Å²) in [6.07, 6.45) is 6.26. The zero-order valence-corrected chi connectivity index (χ0v) is 40.0. The number of benzene rings is 2. The smallest absolute Gasteiger partial charge is 0.315 e. The Bertz CT molecular complexity index is 2590. The SMILES string of the molecule is CC1(CCCCCC(=O)O)C(CCCCCC2N(CCCCCC(=O)C(CS(=O)(=O)O)C(=O)O)c3ccc(S(=O)(=O)O)cc3C2(C)C)=[N+](CCCS(=O)(=O)O)c2ccc(S(=O)(=O)O)cc21. The highest BCUT2D eigenvalue weighted by atomic mass is 32.2. The molecule has 19 nitrogen and oxygen atoms in total. The molecule has 4 rings (SSSR count). The Morgan fingerprint density at radius 3 is 1.86 bits per heavy atom. The molecule has 0 aliphatic carbocycles. The summed E-state index contributed by atoms with van der Waals surface area (Å²) in [5, 5.41) is 18.5. The first-order valence-corrected chi connectivity index (χ1v) is 27.6. The van der Waals surface area contributed by atoms with Crippen molar-refractivity contribution < 1.29 is 81.1 Å². The number of aliphatic carboxylic acids is 2. The molecule has 6 N–H and O–H groups in total. The van der Waals surface area contributed by atoms with Gasteiger partial charge in [-0.1, -0.05) is 46.0 Å². The largest absolute Gasteiger partial charge is 0.481 e. The predicted molar refractivity (Wildman–Crippen MR) is 240 cm³/mol. The Kier molecular flexibility index (Phi) is 17.7. The van der Waals surface area contributed by atoms with Crippen LogP contribution in [0.4, 0.5) is 11.4 Å². The second-order valence-electron chi connectivity index (χ2n) is 17.8. The molecule has 0 spiro atoms. The molecule has 2 aromatic rings. The zero-order valence-electron chi connectivity index (χ0n) is 36.8. The van der Waals surface area contributed by atoms with Crippen LogP contribution in [0.2, 0.25) is 0 Å². The highest BCUT2D eigenvalue weighted by Crippen LogP contribution is 2.49. The van der Waals surface area contributed by atoms with Crippen molar-refractivity contribution in [1.29, 1.82) is 0 Å². The van der Waals surface area contributed by atoms with Gasteiger partial charge in [-0.3, -0.25) is 32.6 Å². The van der Waals surface area contributed by atoms with Crippen molar-refractivity contribution in [3.8, 4) is 0 Å². The summed E-state index contributed by atoms with van der Waals surface area (Å²) >= 11 is 0. The molecule has 2 aromatic carbocycles. The number of fused-ring (bicyclic) bond motifs is 2. The molecule has 364 valence electrons. The van der Waals surface area contributed by atoms with Crippen LogP contribution >= 0.6 is 0 Å². The van der Waals surface area contributed by atoms with Gasteiger partial charge in [0.15, 0.2) is 5.71 Å².